The lowest BCUT2D eigenvalue weighted by Gasteiger charge is -2.34. The largest absolute Gasteiger partial charge is 0.497 e. The van der Waals surface area contributed by atoms with Gasteiger partial charge >= 0.3 is 0 Å². The van der Waals surface area contributed by atoms with Gasteiger partial charge in [-0.2, -0.15) is 15.0 Å². The molecule has 36 heteroatoms. The van der Waals surface area contributed by atoms with Crippen molar-refractivity contribution in [2.75, 3.05) is 182 Å². The minimum atomic E-state index is -1.12. The zero-order chi connectivity index (χ0) is 94.5. The minimum absolute atomic E-state index is 0.0723. The third-order valence-electron chi connectivity index (χ3n) is 23.7. The lowest BCUT2D eigenvalue weighted by atomic mass is 10.0. The van der Waals surface area contributed by atoms with Crippen molar-refractivity contribution >= 4 is 115 Å². The summed E-state index contributed by atoms with van der Waals surface area (Å²) < 4.78 is 54.9. The van der Waals surface area contributed by atoms with Gasteiger partial charge in [0.25, 0.3) is 16.7 Å². The molecule has 14 aromatic rings. The maximum absolute atomic E-state index is 14.2. The molecule has 0 bridgehead atoms. The number of amides is 3. The molecule has 34 nitrogen and oxygen atoms in total. The molecule has 0 saturated carbocycles. The average Bonchev–Trinajstić information content (AvgIpc) is 0.761. The Hall–Kier alpha value is -16.2. The highest BCUT2D eigenvalue weighted by Crippen LogP contribution is 2.38. The molecular formula is C99H100F2N24O10. The second-order valence-electron chi connectivity index (χ2n) is 32.4. The molecule has 135 heavy (non-hydrogen) atoms. The van der Waals surface area contributed by atoms with Gasteiger partial charge in [0.1, 0.15) is 56.6 Å². The number of likely N-dealkylation sites (tertiary alicyclic amines) is 1. The molecule has 4 aliphatic heterocycles. The summed E-state index contributed by atoms with van der Waals surface area (Å²) in [7, 11) is 12.8. The van der Waals surface area contributed by atoms with Gasteiger partial charge < -0.3 is 79.8 Å². The molecule has 4 saturated heterocycles. The number of nitrogens with one attached hydrogen (secondary N) is 5. The maximum atomic E-state index is 14.2. The number of piperazine rings is 3. The zero-order valence-electron chi connectivity index (χ0n) is 75.6. The van der Waals surface area contributed by atoms with Crippen LogP contribution in [0, 0.1) is 11.6 Å². The van der Waals surface area contributed by atoms with E-state index in [-0.39, 0.29) is 69.1 Å². The first-order chi connectivity index (χ1) is 65.5. The molecule has 3 amide bonds. The van der Waals surface area contributed by atoms with Gasteiger partial charge in [-0.25, -0.2) is 38.7 Å². The zero-order valence-corrected chi connectivity index (χ0v) is 75.6. The van der Waals surface area contributed by atoms with E-state index in [1.807, 2.05) is 78.9 Å². The van der Waals surface area contributed by atoms with Crippen molar-refractivity contribution in [3.63, 3.8) is 0 Å². The molecule has 18 rings (SSSR count). The number of aromatic nitrogens is 12. The first-order valence-electron chi connectivity index (χ1n) is 43.7. The molecule has 0 aliphatic carbocycles. The van der Waals surface area contributed by atoms with E-state index in [4.69, 9.17) is 33.9 Å². The van der Waals surface area contributed by atoms with Gasteiger partial charge in [-0.3, -0.25) is 42.5 Å². The van der Waals surface area contributed by atoms with Crippen LogP contribution in [0.4, 0.5) is 72.1 Å². The number of hydrogen-bond donors (Lipinski definition) is 5. The second kappa shape index (κ2) is 41.5. The van der Waals surface area contributed by atoms with E-state index in [1.54, 1.807) is 123 Å². The number of carbonyl (C=O) groups excluding carboxylic acids is 3. The monoisotopic (exact) mass is 1820 g/mol. The Morgan fingerprint density at radius 1 is 0.400 bits per heavy atom. The molecule has 0 radical (unpaired) electrons. The highest BCUT2D eigenvalue weighted by Gasteiger charge is 2.31. The molecule has 690 valence electrons. The summed E-state index contributed by atoms with van der Waals surface area (Å²) in [6.07, 6.45) is 9.73. The fourth-order valence-corrected chi connectivity index (χ4v) is 16.4. The summed E-state index contributed by atoms with van der Waals surface area (Å²) >= 11 is 0. The Kier molecular flexibility index (Phi) is 28.3. The molecule has 8 aromatic carbocycles. The van der Waals surface area contributed by atoms with Crippen molar-refractivity contribution in [2.45, 2.75) is 18.9 Å². The first kappa shape index (κ1) is 92.1. The maximum Gasteiger partial charge on any atom is 0.283 e. The van der Waals surface area contributed by atoms with Crippen molar-refractivity contribution < 1.29 is 42.1 Å². The molecule has 4 fully saturated rings. The number of carbonyl (C=O) groups is 3. The van der Waals surface area contributed by atoms with Crippen LogP contribution in [0.1, 0.15) is 18.9 Å². The summed E-state index contributed by atoms with van der Waals surface area (Å²) in [6.45, 7) is 23.1. The fourth-order valence-electron chi connectivity index (χ4n) is 16.4. The van der Waals surface area contributed by atoms with Crippen molar-refractivity contribution in [1.82, 2.24) is 78.2 Å². The lowest BCUT2D eigenvalue weighted by molar-refractivity contribution is -0.127. The summed E-state index contributed by atoms with van der Waals surface area (Å²) in [5.41, 5.74) is 9.20. The summed E-state index contributed by atoms with van der Waals surface area (Å²) in [6, 6.07) is 50.6. The number of benzene rings is 8. The van der Waals surface area contributed by atoms with Gasteiger partial charge in [0, 0.05) is 155 Å². The number of methoxy groups -OCH3 is 4. The quantitative estimate of drug-likeness (QED) is 0.0351. The number of nitrogens with zero attached hydrogens (tertiary/aromatic N) is 19. The van der Waals surface area contributed by atoms with Crippen LogP contribution in [0.5, 0.6) is 23.0 Å². The Bertz CT molecular complexity index is 7020. The van der Waals surface area contributed by atoms with Crippen LogP contribution in [0.2, 0.25) is 0 Å². The third-order valence-corrected chi connectivity index (χ3v) is 23.7. The summed E-state index contributed by atoms with van der Waals surface area (Å²) in [5, 5.41) is 15.1. The van der Waals surface area contributed by atoms with Gasteiger partial charge in [-0.15, -0.1) is 0 Å². The molecule has 1 unspecified atom stereocenters. The number of rotatable bonds is 24. The van der Waals surface area contributed by atoms with Crippen molar-refractivity contribution in [1.29, 1.82) is 0 Å². The number of likely N-dealkylation sites (N-methyl/N-ethyl adjacent to an activating group) is 3. The van der Waals surface area contributed by atoms with E-state index >= 15 is 0 Å². The van der Waals surface area contributed by atoms with Crippen LogP contribution in [-0.2, 0) is 14.4 Å². The van der Waals surface area contributed by atoms with Crippen LogP contribution in [0.3, 0.4) is 0 Å². The van der Waals surface area contributed by atoms with Crippen LogP contribution >= 0.6 is 0 Å². The van der Waals surface area contributed by atoms with E-state index in [2.05, 4.69) is 133 Å². The predicted octanol–water partition coefficient (Wildman–Crippen LogP) is 12.9. The number of fused-ring (bicyclic) bond motifs is 3. The Balaban J connectivity index is 0.000000147. The first-order valence-corrected chi connectivity index (χ1v) is 43.7. The van der Waals surface area contributed by atoms with Crippen molar-refractivity contribution in [2.24, 2.45) is 0 Å². The van der Waals surface area contributed by atoms with Crippen molar-refractivity contribution in [3.8, 4) is 68.1 Å². The highest BCUT2D eigenvalue weighted by molar-refractivity contribution is 6.00. The van der Waals surface area contributed by atoms with Crippen LogP contribution in [0.15, 0.2) is 247 Å². The lowest BCUT2D eigenvalue weighted by Crippen LogP contribution is -2.44. The Labute approximate surface area is 775 Å². The van der Waals surface area contributed by atoms with E-state index in [1.165, 1.54) is 33.5 Å². The second-order valence-corrected chi connectivity index (χ2v) is 32.4. The molecular weight excluding hydrogens is 1720 g/mol. The van der Waals surface area contributed by atoms with Crippen LogP contribution in [-0.4, -0.2) is 237 Å². The smallest absolute Gasteiger partial charge is 0.283 e. The summed E-state index contributed by atoms with van der Waals surface area (Å²) in [5.74, 6) is 0.0513. The normalized spacial score (nSPS) is 14.7. The third kappa shape index (κ3) is 20.9. The van der Waals surface area contributed by atoms with Gasteiger partial charge in [-0.1, -0.05) is 74.3 Å². The average molecular weight is 1820 g/mol. The SMILES string of the molecule is C=CC(=O)N1CCCC(n2c(=O)c(-c3ccccc3)nc3cnc(Nc4ccc(N5CCN(C)CC5)cc4OC)nc32)C1.C=CC(=O)Nc1cccc(-n2c(=O)c(-c3ccc(F)c(F)c3)nc3cnc(Nc4ccc(N5CCN(C)CC5)cc4OC)nc32)c1.C=CC(=O)Nc1cccc(-n2c(=O)c(-c3cccc(OC)c3)nc3cnc(Nc4ccc(N5CCN(C)CC5)cc4OC)nc32)c1. The molecule has 5 N–H and O–H groups in total. The van der Waals surface area contributed by atoms with E-state index in [0.29, 0.717) is 115 Å². The minimum Gasteiger partial charge on any atom is -0.497 e. The number of hydrogen-bond acceptors (Lipinski definition) is 28. The van der Waals surface area contributed by atoms with E-state index < -0.39 is 28.7 Å². The Morgan fingerprint density at radius 2 is 0.815 bits per heavy atom. The van der Waals surface area contributed by atoms with E-state index in [9.17, 15) is 37.5 Å². The van der Waals surface area contributed by atoms with Crippen molar-refractivity contribution in [3.05, 3.63) is 275 Å². The Morgan fingerprint density at radius 3 is 1.24 bits per heavy atom. The predicted molar refractivity (Wildman–Crippen MR) is 521 cm³/mol. The fraction of sp³-hybridized carbons (Fsp3) is 0.242. The van der Waals surface area contributed by atoms with Gasteiger partial charge in [0.2, 0.25) is 35.6 Å². The molecule has 1 atom stereocenters. The van der Waals surface area contributed by atoms with Crippen LogP contribution in [0.25, 0.3) is 78.6 Å². The van der Waals surface area contributed by atoms with E-state index in [0.717, 1.165) is 127 Å². The number of piperidine rings is 1. The van der Waals surface area contributed by atoms with Crippen LogP contribution < -0.4 is 76.9 Å². The standard InChI is InChI=1S/C34H34N8O4.C33H30F2N8O3.C32H36N8O3/c1-5-30(43)36-23-9-7-10-25(19-23)42-32-28(37-31(33(42)44)22-8-6-11-26(18-22)45-3)21-35-34(39-32)38-27-13-12-24(20-29(27)46-4)41-16-14-40(2)15-17-41;1-4-29(44)37-21-6-5-7-23(17-21)43-31-27(38-30(32(43)45)20-8-10-24(34)25(35)16-20)19-36-33(40-31)39-26-11-9-22(18-28(26)46-3)42-14-12-41(2)13-15-42;1-4-28(41)39-14-8-11-24(21-39)40-30-26(34-29(31(40)42)22-9-6-5-7-10-22)20-33-32(36-30)35-25-13-12-23(19-27(25)43-3)38-17-15-37(2)16-18-38/h5-13,18-21H,1,14-17H2,2-4H3,(H,36,43)(H,35,38,39);4-11,16-19H,1,12-15H2,2-3H3,(H,37,44)(H,36,39,40);4-7,9-10,12-13,19-20,24H,1,8,11,14-18,21H2,2-3H3,(H,33,35,36). The highest BCUT2D eigenvalue weighted by atomic mass is 19.2. The van der Waals surface area contributed by atoms with Gasteiger partial charge in [-0.05, 0) is 155 Å². The number of halogens is 2. The topological polar surface area (TPSA) is 353 Å². The van der Waals surface area contributed by atoms with Gasteiger partial charge in [0.05, 0.1) is 81.5 Å². The number of anilines is 11. The summed E-state index contributed by atoms with van der Waals surface area (Å²) in [4.78, 5) is 136. The molecule has 0 spiro atoms. The van der Waals surface area contributed by atoms with Gasteiger partial charge in [0.15, 0.2) is 28.6 Å². The molecule has 10 heterocycles. The number of ether oxygens (including phenoxy) is 4. The molecule has 4 aliphatic rings. The molecule has 6 aromatic heterocycles.